The third-order valence-electron chi connectivity index (χ3n) is 7.43. The number of carbonyl (C=O) groups excluding carboxylic acids is 2. The molecule has 1 amide bonds. The molecule has 0 saturated carbocycles. The van der Waals surface area contributed by atoms with E-state index < -0.39 is 64.4 Å². The van der Waals surface area contributed by atoms with Gasteiger partial charge in [-0.3, -0.25) is 19.5 Å². The number of pyridine rings is 1. The van der Waals surface area contributed by atoms with Crippen molar-refractivity contribution in [3.8, 4) is 16.9 Å². The van der Waals surface area contributed by atoms with Gasteiger partial charge in [-0.05, 0) is 56.1 Å². The van der Waals surface area contributed by atoms with Crippen molar-refractivity contribution < 1.29 is 50.9 Å². The number of hydrogen-bond donors (Lipinski definition) is 5. The van der Waals surface area contributed by atoms with Crippen LogP contribution in [0.3, 0.4) is 0 Å². The molecule has 2 atom stereocenters. The summed E-state index contributed by atoms with van der Waals surface area (Å²) in [5, 5.41) is 18.8. The van der Waals surface area contributed by atoms with Gasteiger partial charge in [0.05, 0.1) is 31.2 Å². The largest absolute Gasteiger partial charge is 0.489 e. The standard InChI is InChI=1S/C29H35N7O10S2/c1-29(2)20(26(38)36(29)46-48(41,42)43)14-22(37)25(21-16-47-28(31)33-21)34-45-23(27(39)40)15-44-19-7-5-17(6-8-19)18-9-12-35(3)24(13-18)32-11-4-10-30/h5-9,12-13,16,20,23H,4,10-11,14-15,30H2,1-3H3,(H4,31,33,39,40,41,42,43)/p+1/b34-25-/t20-,23+/m1/s1. The number of nitrogen functional groups attached to an aromatic ring is 1. The Balaban J connectivity index is 1.44. The molecule has 7 N–H and O–H groups in total. The molecule has 0 radical (unpaired) electrons. The highest BCUT2D eigenvalue weighted by molar-refractivity contribution is 7.80. The van der Waals surface area contributed by atoms with E-state index >= 15 is 0 Å². The lowest BCUT2D eigenvalue weighted by Crippen LogP contribution is -2.68. The summed E-state index contributed by atoms with van der Waals surface area (Å²) in [6, 6.07) is 10.9. The third kappa shape index (κ3) is 8.81. The number of nitrogens with two attached hydrogens (primary N) is 2. The minimum atomic E-state index is -4.99. The second kappa shape index (κ2) is 15.0. The topological polar surface area (TPSA) is 250 Å². The van der Waals surface area contributed by atoms with E-state index in [9.17, 15) is 27.9 Å². The van der Waals surface area contributed by atoms with Gasteiger partial charge in [0.15, 0.2) is 16.6 Å². The fourth-order valence-electron chi connectivity index (χ4n) is 4.71. The summed E-state index contributed by atoms with van der Waals surface area (Å²) in [4.78, 5) is 47.2. The van der Waals surface area contributed by atoms with E-state index in [2.05, 4.69) is 19.7 Å². The van der Waals surface area contributed by atoms with E-state index in [1.807, 2.05) is 42.1 Å². The normalized spacial score (nSPS) is 16.6. The first-order valence-electron chi connectivity index (χ1n) is 14.5. The van der Waals surface area contributed by atoms with Crippen molar-refractivity contribution in [1.82, 2.24) is 10.0 Å². The lowest BCUT2D eigenvalue weighted by Gasteiger charge is -2.50. The van der Waals surface area contributed by atoms with Crippen LogP contribution in [-0.4, -0.2) is 82.8 Å². The van der Waals surface area contributed by atoms with Crippen molar-refractivity contribution in [2.45, 2.75) is 38.3 Å². The number of rotatable bonds is 17. The van der Waals surface area contributed by atoms with Crippen molar-refractivity contribution in [2.75, 3.05) is 30.7 Å². The molecule has 4 rings (SSSR count). The number of ether oxygens (including phenoxy) is 1. The number of nitrogens with one attached hydrogen (secondary N) is 1. The van der Waals surface area contributed by atoms with E-state index in [0.717, 1.165) is 41.2 Å². The minimum absolute atomic E-state index is 0.0222. The van der Waals surface area contributed by atoms with Gasteiger partial charge in [0.1, 0.15) is 18.1 Å². The lowest BCUT2D eigenvalue weighted by molar-refractivity contribution is -0.657. The summed E-state index contributed by atoms with van der Waals surface area (Å²) in [7, 11) is -3.06. The smallest absolute Gasteiger partial charge is 0.418 e. The predicted molar refractivity (Wildman–Crippen MR) is 173 cm³/mol. The number of oxime groups is 1. The molecule has 1 aromatic carbocycles. The summed E-state index contributed by atoms with van der Waals surface area (Å²) in [6.07, 6.45) is 0.607. The Kier molecular flexibility index (Phi) is 11.3. The zero-order valence-electron chi connectivity index (χ0n) is 26.2. The number of hydrogen-bond acceptors (Lipinski definition) is 14. The van der Waals surface area contributed by atoms with E-state index in [4.69, 9.17) is 25.6 Å². The number of anilines is 2. The Bertz CT molecular complexity index is 1800. The molecule has 1 fully saturated rings. The number of aliphatic carboxylic acids is 1. The average molecular weight is 707 g/mol. The van der Waals surface area contributed by atoms with Crippen LogP contribution in [0.25, 0.3) is 11.1 Å². The van der Waals surface area contributed by atoms with Gasteiger partial charge in [0.25, 0.3) is 17.8 Å². The quantitative estimate of drug-likeness (QED) is 0.0330. The fraction of sp³-hybridized carbons (Fsp3) is 0.379. The maximum Gasteiger partial charge on any atom is 0.418 e. The number of aromatic nitrogens is 2. The van der Waals surface area contributed by atoms with Gasteiger partial charge in [-0.15, -0.1) is 15.6 Å². The maximum absolute atomic E-state index is 13.3. The summed E-state index contributed by atoms with van der Waals surface area (Å²) in [5.41, 5.74) is 11.4. The monoisotopic (exact) mass is 706 g/mol. The molecule has 3 heterocycles. The molecule has 0 bridgehead atoms. The molecule has 1 saturated heterocycles. The van der Waals surface area contributed by atoms with E-state index in [-0.39, 0.29) is 10.8 Å². The highest BCUT2D eigenvalue weighted by Crippen LogP contribution is 2.40. The number of hydroxylamine groups is 2. The second-order valence-electron chi connectivity index (χ2n) is 11.2. The van der Waals surface area contributed by atoms with E-state index in [0.29, 0.717) is 17.4 Å². The SMILES string of the molecule is C[n+]1ccc(-c2ccc(OC[C@H](O/N=C(\C(=O)C[C@@H]3C(=O)N(OS(=O)(=O)O)C3(C)C)c3csc(N)n3)C(=O)O)cc2)cc1NCCCN. The predicted octanol–water partition coefficient (Wildman–Crippen LogP) is 1.16. The first-order valence-corrected chi connectivity index (χ1v) is 16.7. The zero-order chi connectivity index (χ0) is 35.2. The van der Waals surface area contributed by atoms with Crippen LogP contribution in [0.5, 0.6) is 5.75 Å². The van der Waals surface area contributed by atoms with E-state index in [1.54, 1.807) is 12.1 Å². The molecule has 19 heteroatoms. The maximum atomic E-state index is 13.3. The van der Waals surface area contributed by atoms with Crippen LogP contribution < -0.4 is 26.1 Å². The van der Waals surface area contributed by atoms with Crippen LogP contribution in [0, 0.1) is 5.92 Å². The minimum Gasteiger partial charge on any atom is -0.489 e. The Hall–Kier alpha value is -4.69. The number of carboxylic acids is 1. The van der Waals surface area contributed by atoms with Crippen LogP contribution in [0.2, 0.25) is 0 Å². The molecule has 48 heavy (non-hydrogen) atoms. The van der Waals surface area contributed by atoms with Crippen LogP contribution in [0.15, 0.2) is 53.1 Å². The molecular formula is C29H36N7O10S2+. The molecule has 0 unspecified atom stereocenters. The first-order chi connectivity index (χ1) is 22.6. The number of amides is 1. The number of nitrogens with zero attached hydrogens (tertiary/aromatic N) is 4. The summed E-state index contributed by atoms with van der Waals surface area (Å²) in [6.45, 7) is 3.69. The van der Waals surface area contributed by atoms with Crippen LogP contribution in [0.1, 0.15) is 32.4 Å². The Labute approximate surface area is 280 Å². The first kappa shape index (κ1) is 36.2. The van der Waals surface area contributed by atoms with Gasteiger partial charge in [0, 0.05) is 17.9 Å². The van der Waals surface area contributed by atoms with Gasteiger partial charge in [-0.2, -0.15) is 13.5 Å². The molecule has 0 aliphatic carbocycles. The van der Waals surface area contributed by atoms with Crippen molar-refractivity contribution in [2.24, 2.45) is 23.9 Å². The van der Waals surface area contributed by atoms with Crippen molar-refractivity contribution in [3.63, 3.8) is 0 Å². The zero-order valence-corrected chi connectivity index (χ0v) is 27.9. The number of aryl methyl sites for hydroxylation is 1. The van der Waals surface area contributed by atoms with Crippen molar-refractivity contribution >= 4 is 56.1 Å². The summed E-state index contributed by atoms with van der Waals surface area (Å²) < 4.78 is 43.2. The number of carbonyl (C=O) groups is 3. The third-order valence-corrected chi connectivity index (χ3v) is 8.45. The van der Waals surface area contributed by atoms with Crippen LogP contribution >= 0.6 is 11.3 Å². The van der Waals surface area contributed by atoms with Crippen molar-refractivity contribution in [3.05, 3.63) is 53.7 Å². The van der Waals surface area contributed by atoms with Crippen molar-refractivity contribution in [1.29, 1.82) is 0 Å². The number of ketones is 1. The highest BCUT2D eigenvalue weighted by Gasteiger charge is 2.57. The molecule has 1 aliphatic heterocycles. The molecule has 2 aromatic heterocycles. The summed E-state index contributed by atoms with van der Waals surface area (Å²) in [5.74, 6) is -2.89. The molecule has 1 aliphatic rings. The van der Waals surface area contributed by atoms with Gasteiger partial charge in [-0.1, -0.05) is 17.3 Å². The fourth-order valence-corrected chi connectivity index (χ4v) is 5.71. The Morgan fingerprint density at radius 3 is 2.52 bits per heavy atom. The molecular weight excluding hydrogens is 670 g/mol. The summed E-state index contributed by atoms with van der Waals surface area (Å²) >= 11 is 0.987. The highest BCUT2D eigenvalue weighted by atomic mass is 32.3. The van der Waals surface area contributed by atoms with Gasteiger partial charge >= 0.3 is 16.4 Å². The second-order valence-corrected chi connectivity index (χ2v) is 13.1. The average Bonchev–Trinajstić information content (AvgIpc) is 3.46. The molecule has 258 valence electrons. The molecule has 0 spiro atoms. The van der Waals surface area contributed by atoms with Gasteiger partial charge in [-0.25, -0.2) is 14.3 Å². The Morgan fingerprint density at radius 2 is 1.94 bits per heavy atom. The number of carboxylic acid groups (broad SMARTS) is 1. The van der Waals surface area contributed by atoms with Gasteiger partial charge in [0.2, 0.25) is 0 Å². The number of benzene rings is 1. The molecule has 17 nitrogen and oxygen atoms in total. The molecule has 3 aromatic rings. The Morgan fingerprint density at radius 1 is 1.23 bits per heavy atom. The number of β-lactam (4-membered cyclic amide) rings is 1. The van der Waals surface area contributed by atoms with Gasteiger partial charge < -0.3 is 26.1 Å². The number of Topliss-reactive ketones (excluding diaryl/α,β-unsaturated/α-hetero) is 1. The van der Waals surface area contributed by atoms with E-state index in [1.165, 1.54) is 19.2 Å². The van der Waals surface area contributed by atoms with Crippen LogP contribution in [-0.2, 0) is 41.0 Å². The van der Waals surface area contributed by atoms with Crippen LogP contribution in [0.4, 0.5) is 10.9 Å². The number of thiazole rings is 1. The lowest BCUT2D eigenvalue weighted by atomic mass is 9.74.